The Morgan fingerprint density at radius 3 is 2.95 bits per heavy atom. The molecule has 0 amide bonds. The molecule has 19 heavy (non-hydrogen) atoms. The third kappa shape index (κ3) is 3.45. The van der Waals surface area contributed by atoms with E-state index in [-0.39, 0.29) is 24.0 Å². The summed E-state index contributed by atoms with van der Waals surface area (Å²) in [5.74, 6) is -0.204. The van der Waals surface area contributed by atoms with Crippen LogP contribution in [-0.4, -0.2) is 36.4 Å². The molecule has 1 fully saturated rings. The van der Waals surface area contributed by atoms with Crippen LogP contribution >= 0.6 is 0 Å². The summed E-state index contributed by atoms with van der Waals surface area (Å²) < 4.78 is 13.4. The summed E-state index contributed by atoms with van der Waals surface area (Å²) in [5.41, 5.74) is 0.891. The highest BCUT2D eigenvalue weighted by molar-refractivity contribution is 5.49. The summed E-state index contributed by atoms with van der Waals surface area (Å²) in [6.45, 7) is 6.25. The Morgan fingerprint density at radius 1 is 1.47 bits per heavy atom. The second-order valence-corrected chi connectivity index (χ2v) is 5.82. The van der Waals surface area contributed by atoms with Gasteiger partial charge in [-0.15, -0.1) is 0 Å². The quantitative estimate of drug-likeness (QED) is 0.880. The minimum absolute atomic E-state index is 0.0228. The highest BCUT2D eigenvalue weighted by Gasteiger charge is 2.31. The van der Waals surface area contributed by atoms with Crippen LogP contribution in [0.5, 0.6) is 0 Å². The number of hydrogen-bond donors (Lipinski definition) is 2. The highest BCUT2D eigenvalue weighted by atomic mass is 19.1. The molecule has 1 aliphatic rings. The highest BCUT2D eigenvalue weighted by Crippen LogP contribution is 2.29. The van der Waals surface area contributed by atoms with Crippen molar-refractivity contribution in [3.63, 3.8) is 0 Å². The Hall–Kier alpha value is -1.13. The van der Waals surface area contributed by atoms with Gasteiger partial charge in [0.25, 0.3) is 0 Å². The first-order valence-electron chi connectivity index (χ1n) is 6.90. The lowest BCUT2D eigenvalue weighted by Crippen LogP contribution is -2.47. The first-order chi connectivity index (χ1) is 9.03. The Morgan fingerprint density at radius 2 is 2.26 bits per heavy atom. The van der Waals surface area contributed by atoms with Crippen LogP contribution in [0, 0.1) is 5.82 Å². The number of halogens is 1. The van der Waals surface area contributed by atoms with Gasteiger partial charge in [0.15, 0.2) is 0 Å². The van der Waals surface area contributed by atoms with E-state index in [0.29, 0.717) is 0 Å². The van der Waals surface area contributed by atoms with Gasteiger partial charge in [0.05, 0.1) is 0 Å². The van der Waals surface area contributed by atoms with Crippen molar-refractivity contribution in [1.82, 2.24) is 5.32 Å². The van der Waals surface area contributed by atoms with Gasteiger partial charge in [-0.25, -0.2) is 4.39 Å². The molecule has 0 aliphatic carbocycles. The number of aliphatic hydroxyl groups is 1. The summed E-state index contributed by atoms with van der Waals surface area (Å²) in [6, 6.07) is 7.00. The van der Waals surface area contributed by atoms with Crippen molar-refractivity contribution in [2.24, 2.45) is 0 Å². The van der Waals surface area contributed by atoms with E-state index < -0.39 is 0 Å². The zero-order chi connectivity index (χ0) is 13.9. The molecule has 0 saturated carbocycles. The average Bonchev–Trinajstić information content (AvgIpc) is 2.49. The molecule has 1 unspecified atom stereocenters. The molecule has 1 aliphatic heterocycles. The van der Waals surface area contributed by atoms with Gasteiger partial charge in [0, 0.05) is 30.4 Å². The molecule has 4 heteroatoms. The van der Waals surface area contributed by atoms with E-state index in [9.17, 15) is 4.39 Å². The zero-order valence-corrected chi connectivity index (χ0v) is 11.7. The normalized spacial score (nSPS) is 23.2. The summed E-state index contributed by atoms with van der Waals surface area (Å²) >= 11 is 0. The SMILES string of the molecule is CC1(C)CCNC(CCO)CN1c1cccc(F)c1. The number of anilines is 1. The maximum atomic E-state index is 13.4. The summed E-state index contributed by atoms with van der Waals surface area (Å²) in [4.78, 5) is 2.25. The molecule has 106 valence electrons. The van der Waals surface area contributed by atoms with Gasteiger partial charge in [-0.2, -0.15) is 0 Å². The Kier molecular flexibility index (Phi) is 4.42. The number of nitrogens with one attached hydrogen (secondary N) is 1. The van der Waals surface area contributed by atoms with E-state index in [4.69, 9.17) is 5.11 Å². The minimum Gasteiger partial charge on any atom is -0.396 e. The fraction of sp³-hybridized carbons (Fsp3) is 0.600. The topological polar surface area (TPSA) is 35.5 Å². The van der Waals surface area contributed by atoms with Crippen LogP contribution in [0.3, 0.4) is 0 Å². The van der Waals surface area contributed by atoms with Crippen LogP contribution < -0.4 is 10.2 Å². The molecule has 0 radical (unpaired) electrons. The predicted molar refractivity (Wildman–Crippen MR) is 75.9 cm³/mol. The van der Waals surface area contributed by atoms with Crippen molar-refractivity contribution in [2.45, 2.75) is 38.3 Å². The van der Waals surface area contributed by atoms with E-state index in [0.717, 1.165) is 31.6 Å². The van der Waals surface area contributed by atoms with Gasteiger partial charge in [0.2, 0.25) is 0 Å². The summed E-state index contributed by atoms with van der Waals surface area (Å²) in [7, 11) is 0. The third-order valence-corrected chi connectivity index (χ3v) is 3.90. The third-order valence-electron chi connectivity index (χ3n) is 3.90. The van der Waals surface area contributed by atoms with Crippen molar-refractivity contribution >= 4 is 5.69 Å². The maximum Gasteiger partial charge on any atom is 0.125 e. The van der Waals surface area contributed by atoms with Crippen LogP contribution in [0.25, 0.3) is 0 Å². The molecule has 0 spiro atoms. The first-order valence-corrected chi connectivity index (χ1v) is 6.90. The Balaban J connectivity index is 2.26. The van der Waals surface area contributed by atoms with Crippen LogP contribution in [-0.2, 0) is 0 Å². The van der Waals surface area contributed by atoms with Crippen LogP contribution in [0.15, 0.2) is 24.3 Å². The van der Waals surface area contributed by atoms with Crippen molar-refractivity contribution < 1.29 is 9.50 Å². The number of rotatable bonds is 3. The Labute approximate surface area is 114 Å². The molecule has 2 rings (SSSR count). The van der Waals surface area contributed by atoms with Crippen LogP contribution in [0.4, 0.5) is 10.1 Å². The van der Waals surface area contributed by atoms with Gasteiger partial charge in [-0.3, -0.25) is 0 Å². The van der Waals surface area contributed by atoms with Crippen molar-refractivity contribution in [1.29, 1.82) is 0 Å². The van der Waals surface area contributed by atoms with Gasteiger partial charge >= 0.3 is 0 Å². The molecule has 1 aromatic carbocycles. The largest absolute Gasteiger partial charge is 0.396 e. The fourth-order valence-corrected chi connectivity index (χ4v) is 2.70. The van der Waals surface area contributed by atoms with E-state index in [1.165, 1.54) is 6.07 Å². The summed E-state index contributed by atoms with van der Waals surface area (Å²) in [6.07, 6.45) is 1.72. The Bertz CT molecular complexity index is 422. The van der Waals surface area contributed by atoms with Crippen molar-refractivity contribution in [3.8, 4) is 0 Å². The number of benzene rings is 1. The molecule has 1 saturated heterocycles. The monoisotopic (exact) mass is 266 g/mol. The predicted octanol–water partition coefficient (Wildman–Crippen LogP) is 2.16. The standard InChI is InChI=1S/C15H23FN2O/c1-15(2)7-8-17-13(6-9-19)11-18(15)14-5-3-4-12(16)10-14/h3-5,10,13,17,19H,6-9,11H2,1-2H3. The molecule has 0 bridgehead atoms. The fourth-order valence-electron chi connectivity index (χ4n) is 2.70. The minimum atomic E-state index is -0.204. The molecule has 2 N–H and O–H groups in total. The number of aliphatic hydroxyl groups excluding tert-OH is 1. The number of hydrogen-bond acceptors (Lipinski definition) is 3. The molecular formula is C15H23FN2O. The maximum absolute atomic E-state index is 13.4. The molecule has 3 nitrogen and oxygen atoms in total. The van der Waals surface area contributed by atoms with Gasteiger partial charge < -0.3 is 15.3 Å². The van der Waals surface area contributed by atoms with E-state index in [2.05, 4.69) is 24.1 Å². The first kappa shape index (κ1) is 14.3. The van der Waals surface area contributed by atoms with E-state index >= 15 is 0 Å². The average molecular weight is 266 g/mol. The lowest BCUT2D eigenvalue weighted by Gasteiger charge is -2.40. The van der Waals surface area contributed by atoms with E-state index in [1.807, 2.05) is 6.07 Å². The van der Waals surface area contributed by atoms with Gasteiger partial charge in [-0.05, 0) is 51.4 Å². The molecule has 0 aromatic heterocycles. The number of nitrogens with zero attached hydrogens (tertiary/aromatic N) is 1. The van der Waals surface area contributed by atoms with Gasteiger partial charge in [0.1, 0.15) is 5.82 Å². The smallest absolute Gasteiger partial charge is 0.125 e. The van der Waals surface area contributed by atoms with Crippen molar-refractivity contribution in [3.05, 3.63) is 30.1 Å². The lowest BCUT2D eigenvalue weighted by atomic mass is 9.97. The second kappa shape index (κ2) is 5.88. The molecular weight excluding hydrogens is 243 g/mol. The van der Waals surface area contributed by atoms with Crippen LogP contribution in [0.2, 0.25) is 0 Å². The van der Waals surface area contributed by atoms with Gasteiger partial charge in [-0.1, -0.05) is 6.07 Å². The van der Waals surface area contributed by atoms with Crippen LogP contribution in [0.1, 0.15) is 26.7 Å². The lowest BCUT2D eigenvalue weighted by molar-refractivity contribution is 0.267. The molecule has 1 atom stereocenters. The summed E-state index contributed by atoms with van der Waals surface area (Å²) in [5, 5.41) is 12.6. The molecule has 1 heterocycles. The van der Waals surface area contributed by atoms with E-state index in [1.54, 1.807) is 12.1 Å². The second-order valence-electron chi connectivity index (χ2n) is 5.82. The zero-order valence-electron chi connectivity index (χ0n) is 11.7. The molecule has 1 aromatic rings. The van der Waals surface area contributed by atoms with Crippen molar-refractivity contribution in [2.75, 3.05) is 24.6 Å².